The average Bonchev–Trinajstić information content (AvgIpc) is 3.00. The van der Waals surface area contributed by atoms with Crippen molar-refractivity contribution in [3.05, 3.63) is 41.8 Å². The number of urea groups is 1. The number of rotatable bonds is 3. The van der Waals surface area contributed by atoms with Crippen molar-refractivity contribution in [1.29, 1.82) is 0 Å². The summed E-state index contributed by atoms with van der Waals surface area (Å²) in [5.41, 5.74) is 1.09. The van der Waals surface area contributed by atoms with Crippen LogP contribution in [0.1, 0.15) is 11.5 Å². The maximum absolute atomic E-state index is 12.2. The van der Waals surface area contributed by atoms with Gasteiger partial charge in [0.15, 0.2) is 0 Å². The summed E-state index contributed by atoms with van der Waals surface area (Å²) < 4.78 is 5.41. The zero-order valence-corrected chi connectivity index (χ0v) is 12.5. The van der Waals surface area contributed by atoms with Gasteiger partial charge in [0.1, 0.15) is 0 Å². The Hall–Kier alpha value is -2.57. The summed E-state index contributed by atoms with van der Waals surface area (Å²) in [5.74, 6) is 0.554. The molecule has 2 amide bonds. The molecule has 0 radical (unpaired) electrons. The number of anilines is 1. The molecule has 1 fully saturated rings. The number of carbonyl (C=O) groups excluding carboxylic acids is 1. The minimum absolute atomic E-state index is 0.0368. The molecule has 1 aliphatic heterocycles. The summed E-state index contributed by atoms with van der Waals surface area (Å²) in [6, 6.07) is 10.4. The monoisotopic (exact) mass is 301 g/mol. The van der Waals surface area contributed by atoms with Gasteiger partial charge in [-0.25, -0.2) is 4.79 Å². The molecule has 116 valence electrons. The molecular weight excluding hydrogens is 282 g/mol. The first-order valence-electron chi connectivity index (χ1n) is 7.34. The molecule has 3 rings (SSSR count). The Labute approximate surface area is 128 Å². The van der Waals surface area contributed by atoms with Crippen LogP contribution in [0.2, 0.25) is 0 Å². The van der Waals surface area contributed by atoms with E-state index in [1.807, 2.05) is 40.1 Å². The Bertz CT molecular complexity index is 620. The van der Waals surface area contributed by atoms with E-state index in [0.717, 1.165) is 5.56 Å². The Morgan fingerprint density at radius 1 is 1.18 bits per heavy atom. The normalized spacial score (nSPS) is 15.0. The number of piperazine rings is 1. The van der Waals surface area contributed by atoms with Crippen molar-refractivity contribution in [2.24, 2.45) is 0 Å². The molecule has 2 aromatic rings. The predicted octanol–water partition coefficient (Wildman–Crippen LogP) is 1.41. The maximum atomic E-state index is 12.2. The lowest BCUT2D eigenvalue weighted by atomic mass is 10.2. The quantitative estimate of drug-likeness (QED) is 0.928. The third-order valence-corrected chi connectivity index (χ3v) is 3.64. The summed E-state index contributed by atoms with van der Waals surface area (Å²) in [4.78, 5) is 16.0. The van der Waals surface area contributed by atoms with Gasteiger partial charge in [-0.05, 0) is 5.56 Å². The van der Waals surface area contributed by atoms with Gasteiger partial charge < -0.3 is 19.5 Å². The SMILES string of the molecule is Cc1nnc(N2CCN(C(=O)NCc3ccccc3)CC2)o1. The zero-order valence-electron chi connectivity index (χ0n) is 12.5. The largest absolute Gasteiger partial charge is 0.408 e. The topological polar surface area (TPSA) is 74.5 Å². The Morgan fingerprint density at radius 2 is 1.91 bits per heavy atom. The summed E-state index contributed by atoms with van der Waals surface area (Å²) in [6.45, 7) is 4.98. The van der Waals surface area contributed by atoms with Crippen molar-refractivity contribution in [3.8, 4) is 0 Å². The van der Waals surface area contributed by atoms with Crippen LogP contribution in [0.15, 0.2) is 34.7 Å². The number of hydrogen-bond acceptors (Lipinski definition) is 5. The fraction of sp³-hybridized carbons (Fsp3) is 0.400. The molecule has 0 atom stereocenters. The summed E-state index contributed by atoms with van der Waals surface area (Å²) >= 11 is 0. The van der Waals surface area contributed by atoms with Gasteiger partial charge in [0.05, 0.1) is 0 Å². The van der Waals surface area contributed by atoms with Crippen molar-refractivity contribution < 1.29 is 9.21 Å². The molecule has 1 aromatic carbocycles. The van der Waals surface area contributed by atoms with E-state index in [1.165, 1.54) is 0 Å². The second-order valence-electron chi connectivity index (χ2n) is 5.22. The lowest BCUT2D eigenvalue weighted by Crippen LogP contribution is -2.51. The zero-order chi connectivity index (χ0) is 15.4. The van der Waals surface area contributed by atoms with Gasteiger partial charge in [-0.3, -0.25) is 0 Å². The molecule has 7 nitrogen and oxygen atoms in total. The van der Waals surface area contributed by atoms with Gasteiger partial charge in [0, 0.05) is 39.6 Å². The molecule has 0 aliphatic carbocycles. The first-order valence-corrected chi connectivity index (χ1v) is 7.34. The molecular formula is C15H19N5O2. The number of nitrogens with zero attached hydrogens (tertiary/aromatic N) is 4. The van der Waals surface area contributed by atoms with Gasteiger partial charge in [-0.1, -0.05) is 35.4 Å². The van der Waals surface area contributed by atoms with Crippen LogP contribution in [-0.4, -0.2) is 47.3 Å². The van der Waals surface area contributed by atoms with E-state index >= 15 is 0 Å². The van der Waals surface area contributed by atoms with E-state index in [4.69, 9.17) is 4.42 Å². The number of nitrogens with one attached hydrogen (secondary N) is 1. The molecule has 22 heavy (non-hydrogen) atoms. The van der Waals surface area contributed by atoms with Crippen molar-refractivity contribution in [2.45, 2.75) is 13.5 Å². The van der Waals surface area contributed by atoms with Crippen molar-refractivity contribution >= 4 is 12.0 Å². The van der Waals surface area contributed by atoms with E-state index in [0.29, 0.717) is 44.6 Å². The molecule has 2 heterocycles. The van der Waals surface area contributed by atoms with Crippen LogP contribution >= 0.6 is 0 Å². The van der Waals surface area contributed by atoms with E-state index in [1.54, 1.807) is 6.92 Å². The molecule has 1 aromatic heterocycles. The Balaban J connectivity index is 1.47. The maximum Gasteiger partial charge on any atom is 0.318 e. The van der Waals surface area contributed by atoms with E-state index in [9.17, 15) is 4.79 Å². The van der Waals surface area contributed by atoms with Gasteiger partial charge in [0.2, 0.25) is 5.89 Å². The molecule has 7 heteroatoms. The van der Waals surface area contributed by atoms with Crippen molar-refractivity contribution in [2.75, 3.05) is 31.1 Å². The lowest BCUT2D eigenvalue weighted by molar-refractivity contribution is 0.193. The predicted molar refractivity (Wildman–Crippen MR) is 81.5 cm³/mol. The fourth-order valence-electron chi connectivity index (χ4n) is 2.40. The van der Waals surface area contributed by atoms with Gasteiger partial charge >= 0.3 is 12.0 Å². The second kappa shape index (κ2) is 6.46. The first kappa shape index (κ1) is 14.4. The lowest BCUT2D eigenvalue weighted by Gasteiger charge is -2.33. The van der Waals surface area contributed by atoms with Crippen LogP contribution in [0.4, 0.5) is 10.8 Å². The highest BCUT2D eigenvalue weighted by Crippen LogP contribution is 2.14. The van der Waals surface area contributed by atoms with Crippen LogP contribution < -0.4 is 10.2 Å². The molecule has 0 bridgehead atoms. The molecule has 1 aliphatic rings. The third kappa shape index (κ3) is 3.36. The number of amides is 2. The third-order valence-electron chi connectivity index (χ3n) is 3.64. The Kier molecular flexibility index (Phi) is 4.22. The van der Waals surface area contributed by atoms with Crippen LogP contribution in [-0.2, 0) is 6.54 Å². The van der Waals surface area contributed by atoms with Crippen LogP contribution in [0.25, 0.3) is 0 Å². The second-order valence-corrected chi connectivity index (χ2v) is 5.22. The number of aryl methyl sites for hydroxylation is 1. The molecule has 1 saturated heterocycles. The first-order chi connectivity index (χ1) is 10.7. The summed E-state index contributed by atoms with van der Waals surface area (Å²) in [5, 5.41) is 10.8. The minimum Gasteiger partial charge on any atom is -0.408 e. The minimum atomic E-state index is -0.0368. The number of carbonyl (C=O) groups is 1. The van der Waals surface area contributed by atoms with Crippen molar-refractivity contribution in [3.63, 3.8) is 0 Å². The summed E-state index contributed by atoms with van der Waals surface area (Å²) in [7, 11) is 0. The van der Waals surface area contributed by atoms with E-state index < -0.39 is 0 Å². The van der Waals surface area contributed by atoms with Gasteiger partial charge in [-0.2, -0.15) is 0 Å². The molecule has 0 saturated carbocycles. The number of aromatic nitrogens is 2. The van der Waals surface area contributed by atoms with E-state index in [-0.39, 0.29) is 6.03 Å². The van der Waals surface area contributed by atoms with Gasteiger partial charge in [-0.15, -0.1) is 5.10 Å². The van der Waals surface area contributed by atoms with E-state index in [2.05, 4.69) is 15.5 Å². The highest BCUT2D eigenvalue weighted by Gasteiger charge is 2.23. The average molecular weight is 301 g/mol. The van der Waals surface area contributed by atoms with Crippen molar-refractivity contribution in [1.82, 2.24) is 20.4 Å². The molecule has 0 unspecified atom stereocenters. The number of hydrogen-bond donors (Lipinski definition) is 1. The summed E-state index contributed by atoms with van der Waals surface area (Å²) in [6.07, 6.45) is 0. The van der Waals surface area contributed by atoms with Gasteiger partial charge in [0.25, 0.3) is 0 Å². The highest BCUT2D eigenvalue weighted by atomic mass is 16.4. The Morgan fingerprint density at radius 3 is 2.55 bits per heavy atom. The van der Waals surface area contributed by atoms with Crippen LogP contribution in [0, 0.1) is 6.92 Å². The highest BCUT2D eigenvalue weighted by molar-refractivity contribution is 5.74. The fourth-order valence-corrected chi connectivity index (χ4v) is 2.40. The van der Waals surface area contributed by atoms with Crippen LogP contribution in [0.5, 0.6) is 0 Å². The molecule has 0 spiro atoms. The van der Waals surface area contributed by atoms with Crippen LogP contribution in [0.3, 0.4) is 0 Å². The molecule has 1 N–H and O–H groups in total. The standard InChI is InChI=1S/C15H19N5O2/c1-12-17-18-15(22-12)20-9-7-19(8-10-20)14(21)16-11-13-5-3-2-4-6-13/h2-6H,7-11H2,1H3,(H,16,21). The smallest absolute Gasteiger partial charge is 0.318 e. The number of benzene rings is 1.